The Labute approximate surface area is 106 Å². The van der Waals surface area contributed by atoms with Gasteiger partial charge in [0.25, 0.3) is 5.92 Å². The number of halogens is 2. The van der Waals surface area contributed by atoms with Gasteiger partial charge in [0.2, 0.25) is 0 Å². The van der Waals surface area contributed by atoms with Gasteiger partial charge >= 0.3 is 5.97 Å². The highest BCUT2D eigenvalue weighted by Crippen LogP contribution is 2.27. The van der Waals surface area contributed by atoms with Crippen LogP contribution >= 0.6 is 0 Å². The number of alkyl halides is 2. The van der Waals surface area contributed by atoms with Gasteiger partial charge in [-0.25, -0.2) is 8.78 Å². The van der Waals surface area contributed by atoms with Crippen LogP contribution in [-0.4, -0.2) is 17.0 Å². The van der Waals surface area contributed by atoms with Crippen LogP contribution in [0.25, 0.3) is 0 Å². The minimum Gasteiger partial charge on any atom is -0.481 e. The third-order valence-electron chi connectivity index (χ3n) is 2.90. The smallest absolute Gasteiger partial charge is 0.309 e. The Hall–Kier alpha value is -1.45. The summed E-state index contributed by atoms with van der Waals surface area (Å²) in [5, 5.41) is 8.46. The van der Waals surface area contributed by atoms with E-state index in [1.807, 2.05) is 26.0 Å². The molecule has 1 aromatic carbocycles. The van der Waals surface area contributed by atoms with Crippen molar-refractivity contribution in [3.05, 3.63) is 34.9 Å². The zero-order valence-corrected chi connectivity index (χ0v) is 10.8. The number of hydrogen-bond donors (Lipinski definition) is 1. The molecule has 0 aliphatic rings. The second-order valence-corrected chi connectivity index (χ2v) is 4.94. The maximum atomic E-state index is 13.5. The van der Waals surface area contributed by atoms with Crippen LogP contribution in [0.15, 0.2) is 18.2 Å². The van der Waals surface area contributed by atoms with Gasteiger partial charge < -0.3 is 5.11 Å². The van der Waals surface area contributed by atoms with Gasteiger partial charge in [-0.1, -0.05) is 32.0 Å². The van der Waals surface area contributed by atoms with E-state index in [1.165, 1.54) is 0 Å². The number of aliphatic carboxylic acids is 1. The summed E-state index contributed by atoms with van der Waals surface area (Å²) < 4.78 is 27.0. The van der Waals surface area contributed by atoms with Crippen LogP contribution in [0.3, 0.4) is 0 Å². The lowest BCUT2D eigenvalue weighted by molar-refractivity contribution is -0.144. The van der Waals surface area contributed by atoms with Crippen molar-refractivity contribution >= 4 is 5.97 Å². The molecule has 0 atom stereocenters. The average molecular weight is 256 g/mol. The largest absolute Gasteiger partial charge is 0.481 e. The van der Waals surface area contributed by atoms with Crippen LogP contribution in [0.4, 0.5) is 8.78 Å². The van der Waals surface area contributed by atoms with Crippen LogP contribution in [0.5, 0.6) is 0 Å². The van der Waals surface area contributed by atoms with Crippen molar-refractivity contribution in [3.63, 3.8) is 0 Å². The van der Waals surface area contributed by atoms with Crippen molar-refractivity contribution in [2.75, 3.05) is 0 Å². The summed E-state index contributed by atoms with van der Waals surface area (Å²) >= 11 is 0. The van der Waals surface area contributed by atoms with Crippen LogP contribution in [0.2, 0.25) is 0 Å². The Morgan fingerprint density at radius 2 is 2.00 bits per heavy atom. The summed E-state index contributed by atoms with van der Waals surface area (Å²) in [6, 6.07) is 5.47. The van der Waals surface area contributed by atoms with Gasteiger partial charge in [-0.05, 0) is 29.5 Å². The van der Waals surface area contributed by atoms with Crippen molar-refractivity contribution in [3.8, 4) is 0 Å². The second kappa shape index (κ2) is 5.46. The van der Waals surface area contributed by atoms with Crippen molar-refractivity contribution in [1.29, 1.82) is 0 Å². The van der Waals surface area contributed by atoms with E-state index in [9.17, 15) is 13.6 Å². The number of carboxylic acids is 1. The Bertz CT molecular complexity index is 439. The number of benzene rings is 1. The van der Waals surface area contributed by atoms with E-state index < -0.39 is 24.7 Å². The SMILES string of the molecule is Cc1ccc(C(C)C)cc1CC(F)(F)CC(=O)O. The normalized spacial score (nSPS) is 11.9. The molecule has 0 saturated heterocycles. The number of carbonyl (C=O) groups is 1. The summed E-state index contributed by atoms with van der Waals surface area (Å²) in [4.78, 5) is 10.4. The molecule has 0 unspecified atom stereocenters. The Morgan fingerprint density at radius 3 is 2.50 bits per heavy atom. The molecular formula is C14H18F2O2. The molecule has 100 valence electrons. The van der Waals surface area contributed by atoms with Gasteiger partial charge in [0.1, 0.15) is 6.42 Å². The lowest BCUT2D eigenvalue weighted by Crippen LogP contribution is -2.24. The fourth-order valence-corrected chi connectivity index (χ4v) is 1.80. The quantitative estimate of drug-likeness (QED) is 0.870. The topological polar surface area (TPSA) is 37.3 Å². The van der Waals surface area contributed by atoms with E-state index in [0.29, 0.717) is 5.56 Å². The molecule has 1 rings (SSSR count). The highest BCUT2D eigenvalue weighted by molar-refractivity contribution is 5.67. The minimum absolute atomic E-state index is 0.262. The molecule has 18 heavy (non-hydrogen) atoms. The molecule has 0 aromatic heterocycles. The zero-order valence-electron chi connectivity index (χ0n) is 10.8. The van der Waals surface area contributed by atoms with Crippen LogP contribution in [-0.2, 0) is 11.2 Å². The molecule has 0 bridgehead atoms. The first-order chi connectivity index (χ1) is 8.21. The molecule has 1 N–H and O–H groups in total. The number of rotatable bonds is 5. The van der Waals surface area contributed by atoms with Gasteiger partial charge in [-0.2, -0.15) is 0 Å². The van der Waals surface area contributed by atoms with Crippen molar-refractivity contribution in [1.82, 2.24) is 0 Å². The monoisotopic (exact) mass is 256 g/mol. The molecule has 0 heterocycles. The fraction of sp³-hybridized carbons (Fsp3) is 0.500. The zero-order chi connectivity index (χ0) is 13.9. The maximum absolute atomic E-state index is 13.5. The molecule has 2 nitrogen and oxygen atoms in total. The molecule has 0 saturated carbocycles. The van der Waals surface area contributed by atoms with E-state index in [1.54, 1.807) is 13.0 Å². The highest BCUT2D eigenvalue weighted by Gasteiger charge is 2.33. The molecule has 1 aromatic rings. The summed E-state index contributed by atoms with van der Waals surface area (Å²) in [5.41, 5.74) is 2.28. The first kappa shape index (κ1) is 14.6. The molecule has 0 amide bonds. The molecule has 0 radical (unpaired) electrons. The van der Waals surface area contributed by atoms with E-state index in [4.69, 9.17) is 5.11 Å². The first-order valence-corrected chi connectivity index (χ1v) is 5.90. The van der Waals surface area contributed by atoms with Crippen molar-refractivity contribution < 1.29 is 18.7 Å². The second-order valence-electron chi connectivity index (χ2n) is 4.94. The summed E-state index contributed by atoms with van der Waals surface area (Å²) in [6.45, 7) is 5.74. The Morgan fingerprint density at radius 1 is 1.39 bits per heavy atom. The summed E-state index contributed by atoms with van der Waals surface area (Å²) in [6.07, 6.45) is -1.65. The Balaban J connectivity index is 2.95. The maximum Gasteiger partial charge on any atom is 0.309 e. The van der Waals surface area contributed by atoms with Gasteiger partial charge in [-0.15, -0.1) is 0 Å². The highest BCUT2D eigenvalue weighted by atomic mass is 19.3. The van der Waals surface area contributed by atoms with Gasteiger partial charge in [0.15, 0.2) is 0 Å². The molecular weight excluding hydrogens is 238 g/mol. The predicted molar refractivity (Wildman–Crippen MR) is 66.2 cm³/mol. The molecule has 0 spiro atoms. The lowest BCUT2D eigenvalue weighted by Gasteiger charge is -2.17. The standard InChI is InChI=1S/C14H18F2O2/c1-9(2)11-5-4-10(3)12(6-11)7-14(15,16)8-13(17)18/h4-6,9H,7-8H2,1-3H3,(H,17,18). The molecule has 0 aliphatic carbocycles. The van der Waals surface area contributed by atoms with Crippen LogP contribution < -0.4 is 0 Å². The fourth-order valence-electron chi connectivity index (χ4n) is 1.80. The molecule has 4 heteroatoms. The molecule has 0 fully saturated rings. The van der Waals surface area contributed by atoms with Gasteiger partial charge in [0, 0.05) is 6.42 Å². The van der Waals surface area contributed by atoms with Crippen molar-refractivity contribution in [2.24, 2.45) is 0 Å². The van der Waals surface area contributed by atoms with Crippen LogP contribution in [0, 0.1) is 6.92 Å². The van der Waals surface area contributed by atoms with E-state index >= 15 is 0 Å². The number of carboxylic acid groups (broad SMARTS) is 1. The summed E-state index contributed by atoms with van der Waals surface area (Å²) in [7, 11) is 0. The predicted octanol–water partition coefficient (Wildman–Crippen LogP) is 3.77. The third-order valence-corrected chi connectivity index (χ3v) is 2.90. The van der Waals surface area contributed by atoms with Gasteiger partial charge in [-0.3, -0.25) is 4.79 Å². The lowest BCUT2D eigenvalue weighted by atomic mass is 9.94. The minimum atomic E-state index is -3.20. The number of aryl methyl sites for hydroxylation is 1. The van der Waals surface area contributed by atoms with E-state index in [0.717, 1.165) is 11.1 Å². The Kier molecular flexibility index (Phi) is 4.43. The van der Waals surface area contributed by atoms with E-state index in [-0.39, 0.29) is 5.92 Å². The third kappa shape index (κ3) is 4.09. The molecule has 0 aliphatic heterocycles. The van der Waals surface area contributed by atoms with Crippen molar-refractivity contribution in [2.45, 2.75) is 45.5 Å². The van der Waals surface area contributed by atoms with E-state index in [2.05, 4.69) is 0 Å². The number of hydrogen-bond acceptors (Lipinski definition) is 1. The van der Waals surface area contributed by atoms with Crippen LogP contribution in [0.1, 0.15) is 42.9 Å². The first-order valence-electron chi connectivity index (χ1n) is 5.90. The average Bonchev–Trinajstić information content (AvgIpc) is 2.18. The van der Waals surface area contributed by atoms with Gasteiger partial charge in [0.05, 0.1) is 0 Å². The summed E-state index contributed by atoms with van der Waals surface area (Å²) in [5.74, 6) is -4.42.